The quantitative estimate of drug-likeness (QED) is 0.424. The van der Waals surface area contributed by atoms with Crippen LogP contribution >= 0.6 is 35.3 Å². The summed E-state index contributed by atoms with van der Waals surface area (Å²) in [5, 5.41) is 8.83. The Morgan fingerprint density at radius 2 is 2.26 bits per heavy atom. The monoisotopic (exact) mass is 393 g/mol. The maximum absolute atomic E-state index is 4.61. The number of nitrogens with one attached hydrogen (secondary N) is 2. The van der Waals surface area contributed by atoms with Crippen molar-refractivity contribution in [2.24, 2.45) is 10.9 Å². The second-order valence-corrected chi connectivity index (χ2v) is 5.78. The summed E-state index contributed by atoms with van der Waals surface area (Å²) < 4.78 is 0. The Balaban J connectivity index is 0.00000180. The van der Waals surface area contributed by atoms with E-state index in [4.69, 9.17) is 0 Å². The third kappa shape index (κ3) is 7.15. The molecule has 2 rings (SSSR count). The number of thiophene rings is 1. The van der Waals surface area contributed by atoms with Crippen molar-refractivity contribution in [3.8, 4) is 0 Å². The fourth-order valence-electron chi connectivity index (χ4n) is 1.87. The molecule has 3 nitrogen and oxygen atoms in total. The minimum Gasteiger partial charge on any atom is -0.357 e. The van der Waals surface area contributed by atoms with E-state index in [0.717, 1.165) is 37.9 Å². The first kappa shape index (κ1) is 16.8. The van der Waals surface area contributed by atoms with Crippen molar-refractivity contribution in [1.82, 2.24) is 10.6 Å². The zero-order chi connectivity index (χ0) is 12.6. The van der Waals surface area contributed by atoms with E-state index in [0.29, 0.717) is 0 Å². The third-order valence-corrected chi connectivity index (χ3v) is 4.03. The number of guanidine groups is 1. The van der Waals surface area contributed by atoms with Crippen molar-refractivity contribution in [2.45, 2.75) is 32.6 Å². The molecule has 1 heterocycles. The Hall–Kier alpha value is -0.300. The lowest BCUT2D eigenvalue weighted by Gasteiger charge is -2.10. The van der Waals surface area contributed by atoms with E-state index in [-0.39, 0.29) is 24.0 Å². The highest BCUT2D eigenvalue weighted by atomic mass is 127. The van der Waals surface area contributed by atoms with Crippen LogP contribution in [-0.2, 0) is 6.42 Å². The second kappa shape index (κ2) is 9.58. The molecular weight excluding hydrogens is 369 g/mol. The Labute approximate surface area is 137 Å². The normalized spacial score (nSPS) is 14.9. The fraction of sp³-hybridized carbons (Fsp3) is 0.643. The number of halogens is 1. The summed E-state index contributed by atoms with van der Waals surface area (Å²) in [5.41, 5.74) is 0. The minimum atomic E-state index is 0. The zero-order valence-corrected chi connectivity index (χ0v) is 14.7. The average Bonchev–Trinajstić information content (AvgIpc) is 3.04. The summed E-state index contributed by atoms with van der Waals surface area (Å²) in [5.74, 6) is 1.93. The van der Waals surface area contributed by atoms with E-state index in [9.17, 15) is 0 Å². The molecule has 0 saturated heterocycles. The molecule has 0 atom stereocenters. The summed E-state index contributed by atoms with van der Waals surface area (Å²) in [6.45, 7) is 4.94. The maximum atomic E-state index is 4.61. The molecule has 0 spiro atoms. The smallest absolute Gasteiger partial charge is 0.191 e. The van der Waals surface area contributed by atoms with Gasteiger partial charge in [0.1, 0.15) is 0 Å². The Bertz CT molecular complexity index is 361. The fourth-order valence-corrected chi connectivity index (χ4v) is 2.58. The van der Waals surface area contributed by atoms with Crippen LogP contribution in [0.5, 0.6) is 0 Å². The molecular formula is C14H24IN3S. The summed E-state index contributed by atoms with van der Waals surface area (Å²) in [6, 6.07) is 4.29. The molecule has 0 amide bonds. The van der Waals surface area contributed by atoms with Gasteiger partial charge in [0, 0.05) is 24.5 Å². The highest BCUT2D eigenvalue weighted by Gasteiger charge is 2.20. The second-order valence-electron chi connectivity index (χ2n) is 4.75. The molecule has 0 radical (unpaired) electrons. The molecule has 5 heteroatoms. The summed E-state index contributed by atoms with van der Waals surface area (Å²) >= 11 is 1.82. The average molecular weight is 393 g/mol. The molecule has 1 aromatic heterocycles. The number of aliphatic imine (C=N–C) groups is 1. The molecule has 0 unspecified atom stereocenters. The topological polar surface area (TPSA) is 36.4 Å². The number of rotatable bonds is 7. The SMILES string of the molecule is CCNC(=NCCC1CC1)NCCc1cccs1.I. The number of nitrogens with zero attached hydrogens (tertiary/aromatic N) is 1. The molecule has 108 valence electrons. The van der Waals surface area contributed by atoms with Gasteiger partial charge < -0.3 is 10.6 Å². The van der Waals surface area contributed by atoms with Crippen LogP contribution in [-0.4, -0.2) is 25.6 Å². The molecule has 1 aliphatic carbocycles. The van der Waals surface area contributed by atoms with E-state index in [1.165, 1.54) is 24.1 Å². The Morgan fingerprint density at radius 1 is 1.42 bits per heavy atom. The third-order valence-electron chi connectivity index (χ3n) is 3.09. The molecule has 1 saturated carbocycles. The van der Waals surface area contributed by atoms with Gasteiger partial charge in [-0.15, -0.1) is 35.3 Å². The van der Waals surface area contributed by atoms with Crippen molar-refractivity contribution < 1.29 is 0 Å². The van der Waals surface area contributed by atoms with Crippen LogP contribution in [0.25, 0.3) is 0 Å². The lowest BCUT2D eigenvalue weighted by Crippen LogP contribution is -2.38. The van der Waals surface area contributed by atoms with Gasteiger partial charge in [-0.25, -0.2) is 0 Å². The maximum Gasteiger partial charge on any atom is 0.191 e. The van der Waals surface area contributed by atoms with Gasteiger partial charge in [-0.1, -0.05) is 18.9 Å². The van der Waals surface area contributed by atoms with Gasteiger partial charge in [0.25, 0.3) is 0 Å². The van der Waals surface area contributed by atoms with Crippen LogP contribution in [0.15, 0.2) is 22.5 Å². The molecule has 1 aromatic rings. The van der Waals surface area contributed by atoms with Gasteiger partial charge in [0.2, 0.25) is 0 Å². The van der Waals surface area contributed by atoms with Crippen molar-refractivity contribution in [3.63, 3.8) is 0 Å². The molecule has 1 fully saturated rings. The molecule has 0 bridgehead atoms. The first-order valence-corrected chi connectivity index (χ1v) is 7.81. The summed E-state index contributed by atoms with van der Waals surface area (Å²) in [4.78, 5) is 6.04. The van der Waals surface area contributed by atoms with E-state index >= 15 is 0 Å². The van der Waals surface area contributed by atoms with Gasteiger partial charge in [0.05, 0.1) is 0 Å². The van der Waals surface area contributed by atoms with Crippen LogP contribution < -0.4 is 10.6 Å². The Kier molecular flexibility index (Phi) is 8.45. The molecule has 0 aromatic carbocycles. The lowest BCUT2D eigenvalue weighted by atomic mass is 10.3. The van der Waals surface area contributed by atoms with Crippen molar-refractivity contribution in [1.29, 1.82) is 0 Å². The van der Waals surface area contributed by atoms with Gasteiger partial charge in [0.15, 0.2) is 5.96 Å². The van der Waals surface area contributed by atoms with Crippen LogP contribution in [0.3, 0.4) is 0 Å². The minimum absolute atomic E-state index is 0. The largest absolute Gasteiger partial charge is 0.357 e. The predicted octanol–water partition coefficient (Wildman–Crippen LogP) is 3.26. The lowest BCUT2D eigenvalue weighted by molar-refractivity contribution is 0.724. The highest BCUT2D eigenvalue weighted by Crippen LogP contribution is 2.32. The predicted molar refractivity (Wildman–Crippen MR) is 94.8 cm³/mol. The Morgan fingerprint density at radius 3 is 2.89 bits per heavy atom. The van der Waals surface area contributed by atoms with E-state index in [2.05, 4.69) is 40.1 Å². The summed E-state index contributed by atoms with van der Waals surface area (Å²) in [6.07, 6.45) is 5.15. The van der Waals surface area contributed by atoms with Crippen molar-refractivity contribution >= 4 is 41.3 Å². The van der Waals surface area contributed by atoms with Crippen LogP contribution in [0.1, 0.15) is 31.1 Å². The van der Waals surface area contributed by atoms with E-state index in [1.54, 1.807) is 0 Å². The van der Waals surface area contributed by atoms with E-state index in [1.807, 2.05) is 11.3 Å². The number of hydrogen-bond donors (Lipinski definition) is 2. The van der Waals surface area contributed by atoms with Gasteiger partial charge >= 0.3 is 0 Å². The van der Waals surface area contributed by atoms with Gasteiger partial charge in [-0.3, -0.25) is 4.99 Å². The van der Waals surface area contributed by atoms with Gasteiger partial charge in [-0.2, -0.15) is 0 Å². The highest BCUT2D eigenvalue weighted by molar-refractivity contribution is 14.0. The van der Waals surface area contributed by atoms with E-state index < -0.39 is 0 Å². The molecule has 2 N–H and O–H groups in total. The van der Waals surface area contributed by atoms with Crippen molar-refractivity contribution in [3.05, 3.63) is 22.4 Å². The number of hydrogen-bond acceptors (Lipinski definition) is 2. The van der Waals surface area contributed by atoms with Crippen LogP contribution in [0.4, 0.5) is 0 Å². The van der Waals surface area contributed by atoms with Crippen molar-refractivity contribution in [2.75, 3.05) is 19.6 Å². The standard InChI is InChI=1S/C14H23N3S.HI/c1-2-15-14(16-9-7-12-5-6-12)17-10-8-13-4-3-11-18-13;/h3-4,11-12H,2,5-10H2,1H3,(H2,15,16,17);1H. The van der Waals surface area contributed by atoms with Gasteiger partial charge in [-0.05, 0) is 37.1 Å². The first-order valence-electron chi connectivity index (χ1n) is 6.93. The summed E-state index contributed by atoms with van der Waals surface area (Å²) in [7, 11) is 0. The first-order chi connectivity index (χ1) is 8.88. The molecule has 19 heavy (non-hydrogen) atoms. The molecule has 0 aliphatic heterocycles. The molecule has 1 aliphatic rings. The van der Waals surface area contributed by atoms with Crippen LogP contribution in [0, 0.1) is 5.92 Å². The van der Waals surface area contributed by atoms with Crippen LogP contribution in [0.2, 0.25) is 0 Å². The zero-order valence-electron chi connectivity index (χ0n) is 11.5.